The fourth-order valence-electron chi connectivity index (χ4n) is 3.47. The van der Waals surface area contributed by atoms with Crippen molar-refractivity contribution in [1.82, 2.24) is 0 Å². The van der Waals surface area contributed by atoms with Crippen LogP contribution in [0.5, 0.6) is 0 Å². The van der Waals surface area contributed by atoms with Crippen molar-refractivity contribution in [2.24, 2.45) is 5.73 Å². The second-order valence-corrected chi connectivity index (χ2v) is 8.21. The molecule has 0 atom stereocenters. The highest BCUT2D eigenvalue weighted by Crippen LogP contribution is 2.34. The van der Waals surface area contributed by atoms with E-state index in [1.54, 1.807) is 12.1 Å². The number of aryl methyl sites for hydroxylation is 1. The van der Waals surface area contributed by atoms with E-state index >= 15 is 0 Å². The number of nitrogens with two attached hydrogens (primary N) is 2. The quantitative estimate of drug-likeness (QED) is 0.323. The maximum atomic E-state index is 13.0. The van der Waals surface area contributed by atoms with Gasteiger partial charge < -0.3 is 15.9 Å². The zero-order chi connectivity index (χ0) is 22.1. The lowest BCUT2D eigenvalue weighted by molar-refractivity contribution is 0.101. The molecule has 1 aromatic heterocycles. The van der Waals surface area contributed by atoms with Gasteiger partial charge in [0.1, 0.15) is 5.58 Å². The largest absolute Gasteiger partial charge is 0.450 e. The van der Waals surface area contributed by atoms with Crippen molar-refractivity contribution in [3.05, 3.63) is 99.9 Å². The van der Waals surface area contributed by atoms with Crippen LogP contribution >= 0.6 is 23.2 Å². The molecule has 0 aliphatic carbocycles. The molecule has 4 rings (SSSR count). The lowest BCUT2D eigenvalue weighted by Crippen LogP contribution is -2.03. The molecule has 0 unspecified atom stereocenters. The Morgan fingerprint density at radius 1 is 1.00 bits per heavy atom. The topological polar surface area (TPSA) is 82.2 Å². The van der Waals surface area contributed by atoms with Gasteiger partial charge in [-0.2, -0.15) is 0 Å². The van der Waals surface area contributed by atoms with Gasteiger partial charge in [0, 0.05) is 21.7 Å². The van der Waals surface area contributed by atoms with Crippen LogP contribution in [-0.4, -0.2) is 5.78 Å². The number of carbonyl (C=O) groups is 1. The lowest BCUT2D eigenvalue weighted by atomic mass is 9.99. The van der Waals surface area contributed by atoms with Gasteiger partial charge in [0.25, 0.3) is 0 Å². The Morgan fingerprint density at radius 2 is 1.77 bits per heavy atom. The maximum absolute atomic E-state index is 13.0. The number of hydrogen-bond donors (Lipinski definition) is 2. The molecule has 0 saturated heterocycles. The van der Waals surface area contributed by atoms with E-state index in [4.69, 9.17) is 39.1 Å². The normalized spacial score (nSPS) is 11.0. The number of allylic oxidation sites excluding steroid dienone is 1. The van der Waals surface area contributed by atoms with Crippen LogP contribution in [0.4, 0.5) is 5.69 Å². The highest BCUT2D eigenvalue weighted by atomic mass is 35.5. The highest BCUT2D eigenvalue weighted by Gasteiger charge is 2.22. The third-order valence-electron chi connectivity index (χ3n) is 5.11. The Hall–Kier alpha value is -3.21. The fraction of sp³-hybridized carbons (Fsp3) is 0.0800. The Morgan fingerprint density at radius 3 is 2.52 bits per heavy atom. The number of rotatable bonds is 6. The SMILES string of the molecule is C=C(N)CCc1cccc(-c2ccc3c(N)c(C(=O)c4ccc(Cl)cc4Cl)oc3c2)c1. The number of ketones is 1. The van der Waals surface area contributed by atoms with Crippen molar-refractivity contribution in [3.63, 3.8) is 0 Å². The molecule has 0 aliphatic heterocycles. The number of halogens is 2. The van der Waals surface area contributed by atoms with Crippen LogP contribution in [0.2, 0.25) is 10.0 Å². The molecule has 156 valence electrons. The van der Waals surface area contributed by atoms with E-state index in [0.29, 0.717) is 21.7 Å². The first-order valence-corrected chi connectivity index (χ1v) is 10.4. The molecule has 0 fully saturated rings. The summed E-state index contributed by atoms with van der Waals surface area (Å²) >= 11 is 12.1. The second kappa shape index (κ2) is 8.50. The highest BCUT2D eigenvalue weighted by molar-refractivity contribution is 6.37. The average Bonchev–Trinajstić information content (AvgIpc) is 3.08. The average molecular weight is 451 g/mol. The summed E-state index contributed by atoms with van der Waals surface area (Å²) in [6.07, 6.45) is 1.55. The molecule has 0 bridgehead atoms. The number of carbonyl (C=O) groups excluding carboxylic acids is 1. The minimum atomic E-state index is -0.388. The van der Waals surface area contributed by atoms with Crippen molar-refractivity contribution in [2.75, 3.05) is 5.73 Å². The summed E-state index contributed by atoms with van der Waals surface area (Å²) in [5.74, 6) is -0.326. The van der Waals surface area contributed by atoms with Crippen molar-refractivity contribution in [2.45, 2.75) is 12.8 Å². The minimum Gasteiger partial charge on any atom is -0.450 e. The maximum Gasteiger partial charge on any atom is 0.231 e. The molecule has 0 aliphatic rings. The standard InChI is InChI=1S/C25H20Cl2N2O2/c1-14(28)5-6-15-3-2-4-16(11-15)17-7-9-20-22(12-17)31-25(23(20)29)24(30)19-10-8-18(26)13-21(19)27/h2-4,7-13H,1,5-6,28-29H2. The van der Waals surface area contributed by atoms with Gasteiger partial charge >= 0.3 is 0 Å². The van der Waals surface area contributed by atoms with E-state index in [1.165, 1.54) is 6.07 Å². The molecule has 4 N–H and O–H groups in total. The lowest BCUT2D eigenvalue weighted by Gasteiger charge is -2.06. The molecule has 4 nitrogen and oxygen atoms in total. The number of nitrogen functional groups attached to an aromatic ring is 1. The van der Waals surface area contributed by atoms with Gasteiger partial charge in [-0.25, -0.2) is 0 Å². The van der Waals surface area contributed by atoms with Gasteiger partial charge in [0.05, 0.1) is 10.7 Å². The molecular weight excluding hydrogens is 431 g/mol. The molecule has 1 heterocycles. The predicted molar refractivity (Wildman–Crippen MR) is 128 cm³/mol. The van der Waals surface area contributed by atoms with Crippen LogP contribution < -0.4 is 11.5 Å². The summed E-state index contributed by atoms with van der Waals surface area (Å²) in [7, 11) is 0. The second-order valence-electron chi connectivity index (χ2n) is 7.37. The molecule has 4 aromatic rings. The Kier molecular flexibility index (Phi) is 5.77. The van der Waals surface area contributed by atoms with E-state index < -0.39 is 0 Å². The summed E-state index contributed by atoms with van der Waals surface area (Å²) in [5, 5.41) is 1.37. The van der Waals surface area contributed by atoms with Gasteiger partial charge in [-0.15, -0.1) is 0 Å². The molecule has 0 saturated carbocycles. The summed E-state index contributed by atoms with van der Waals surface area (Å²) < 4.78 is 5.88. The van der Waals surface area contributed by atoms with Gasteiger partial charge in [-0.05, 0) is 59.9 Å². The molecular formula is C25H20Cl2N2O2. The monoisotopic (exact) mass is 450 g/mol. The first-order valence-electron chi connectivity index (χ1n) is 9.68. The number of fused-ring (bicyclic) bond motifs is 1. The smallest absolute Gasteiger partial charge is 0.231 e. The van der Waals surface area contributed by atoms with Crippen LogP contribution in [-0.2, 0) is 6.42 Å². The molecule has 3 aromatic carbocycles. The summed E-state index contributed by atoms with van der Waals surface area (Å²) in [6, 6.07) is 18.6. The third kappa shape index (κ3) is 4.31. The zero-order valence-corrected chi connectivity index (χ0v) is 18.1. The van der Waals surface area contributed by atoms with Crippen LogP contribution in [0.15, 0.2) is 77.4 Å². The Labute approximate surface area is 190 Å². The van der Waals surface area contributed by atoms with E-state index in [9.17, 15) is 4.79 Å². The number of anilines is 1. The molecule has 6 heteroatoms. The van der Waals surface area contributed by atoms with E-state index in [2.05, 4.69) is 18.7 Å². The van der Waals surface area contributed by atoms with Crippen molar-refractivity contribution in [3.8, 4) is 11.1 Å². The first kappa shape index (κ1) is 21.0. The van der Waals surface area contributed by atoms with Crippen LogP contribution in [0.25, 0.3) is 22.1 Å². The number of benzene rings is 3. The van der Waals surface area contributed by atoms with Gasteiger partial charge in [-0.3, -0.25) is 4.79 Å². The van der Waals surface area contributed by atoms with E-state index in [1.807, 2.05) is 30.3 Å². The van der Waals surface area contributed by atoms with Crippen molar-refractivity contribution >= 4 is 45.6 Å². The molecule has 0 spiro atoms. The van der Waals surface area contributed by atoms with Crippen LogP contribution in [0, 0.1) is 0 Å². The van der Waals surface area contributed by atoms with Gasteiger partial charge in [-0.1, -0.05) is 60.1 Å². The summed E-state index contributed by atoms with van der Waals surface area (Å²) in [6.45, 7) is 3.75. The van der Waals surface area contributed by atoms with Crippen molar-refractivity contribution in [1.29, 1.82) is 0 Å². The number of hydrogen-bond acceptors (Lipinski definition) is 4. The minimum absolute atomic E-state index is 0.0616. The van der Waals surface area contributed by atoms with Crippen LogP contribution in [0.3, 0.4) is 0 Å². The predicted octanol–water partition coefficient (Wildman–Crippen LogP) is 6.62. The summed E-state index contributed by atoms with van der Waals surface area (Å²) in [5.41, 5.74) is 16.8. The Balaban J connectivity index is 1.70. The molecule has 31 heavy (non-hydrogen) atoms. The van der Waals surface area contributed by atoms with Gasteiger partial charge in [0.15, 0.2) is 5.76 Å². The fourth-order valence-corrected chi connectivity index (χ4v) is 3.97. The van der Waals surface area contributed by atoms with Crippen molar-refractivity contribution < 1.29 is 9.21 Å². The molecule has 0 radical (unpaired) electrons. The van der Waals surface area contributed by atoms with Crippen LogP contribution in [0.1, 0.15) is 28.1 Å². The molecule has 0 amide bonds. The Bertz CT molecular complexity index is 1320. The summed E-state index contributed by atoms with van der Waals surface area (Å²) in [4.78, 5) is 13.0. The number of furan rings is 1. The first-order chi connectivity index (χ1) is 14.8. The van der Waals surface area contributed by atoms with Gasteiger partial charge in [0.2, 0.25) is 5.78 Å². The van der Waals surface area contributed by atoms with E-state index in [-0.39, 0.29) is 27.8 Å². The van der Waals surface area contributed by atoms with E-state index in [0.717, 1.165) is 29.5 Å². The third-order valence-corrected chi connectivity index (χ3v) is 5.65. The zero-order valence-electron chi connectivity index (χ0n) is 16.6.